The van der Waals surface area contributed by atoms with Crippen molar-refractivity contribution >= 4 is 22.3 Å². The van der Waals surface area contributed by atoms with Gasteiger partial charge in [-0.15, -0.1) is 0 Å². The molecule has 0 N–H and O–H groups in total. The van der Waals surface area contributed by atoms with E-state index in [-0.39, 0.29) is 18.8 Å². The van der Waals surface area contributed by atoms with Crippen molar-refractivity contribution in [2.24, 2.45) is 0 Å². The maximum absolute atomic E-state index is 12.8. The maximum atomic E-state index is 12.8. The summed E-state index contributed by atoms with van der Waals surface area (Å²) in [5.41, 5.74) is 0.0356. The van der Waals surface area contributed by atoms with Gasteiger partial charge in [-0.25, -0.2) is 14.2 Å². The number of carbonyl (C=O) groups excluding carboxylic acids is 1. The molecule has 0 bridgehead atoms. The number of rotatable bonds is 8. The number of benzene rings is 1. The lowest BCUT2D eigenvalue weighted by Crippen LogP contribution is -2.18. The molecule has 9 heteroatoms. The minimum absolute atomic E-state index is 0.139. The van der Waals surface area contributed by atoms with Crippen LogP contribution in [0.1, 0.15) is 30.5 Å². The molecule has 7 nitrogen and oxygen atoms in total. The van der Waals surface area contributed by atoms with Gasteiger partial charge in [-0.2, -0.15) is 9.61 Å². The first-order chi connectivity index (χ1) is 13.0. The van der Waals surface area contributed by atoms with Crippen LogP contribution in [0.2, 0.25) is 0 Å². The van der Waals surface area contributed by atoms with E-state index in [0.717, 1.165) is 24.3 Å². The summed E-state index contributed by atoms with van der Waals surface area (Å²) < 4.78 is 24.4. The Hall–Kier alpha value is -2.81. The first-order valence-electron chi connectivity index (χ1n) is 8.48. The molecule has 0 atom stereocenters. The molecule has 0 saturated carbocycles. The van der Waals surface area contributed by atoms with Crippen LogP contribution in [0, 0.1) is 5.82 Å². The summed E-state index contributed by atoms with van der Waals surface area (Å²) in [5.74, 6) is -0.650. The third kappa shape index (κ3) is 5.10. The van der Waals surface area contributed by atoms with Crippen LogP contribution in [0.3, 0.4) is 0 Å². The Kier molecular flexibility index (Phi) is 6.12. The molecule has 0 aliphatic rings. The van der Waals surface area contributed by atoms with Gasteiger partial charge < -0.3 is 9.47 Å². The lowest BCUT2D eigenvalue weighted by Gasteiger charge is -2.06. The highest BCUT2D eigenvalue weighted by molar-refractivity contribution is 7.16. The molecule has 0 spiro atoms. The quantitative estimate of drug-likeness (QED) is 0.549. The molecule has 2 heterocycles. The van der Waals surface area contributed by atoms with E-state index >= 15 is 0 Å². The maximum Gasteiger partial charge on any atom is 0.344 e. The van der Waals surface area contributed by atoms with Gasteiger partial charge in [0.25, 0.3) is 5.56 Å². The number of unbranched alkanes of at least 4 members (excludes halogenated alkanes) is 1. The van der Waals surface area contributed by atoms with Crippen molar-refractivity contribution < 1.29 is 18.7 Å². The highest BCUT2D eigenvalue weighted by Crippen LogP contribution is 2.14. The summed E-state index contributed by atoms with van der Waals surface area (Å²) in [7, 11) is 0. The fourth-order valence-corrected chi connectivity index (χ4v) is 3.23. The Bertz CT molecular complexity index is 984. The predicted octanol–water partition coefficient (Wildman–Crippen LogP) is 2.75. The minimum Gasteiger partial charge on any atom is -0.482 e. The topological polar surface area (TPSA) is 82.8 Å². The standard InChI is InChI=1S/C18H18FN3O4S/c1-2-3-4-15-21-22-16(23)9-13(20-18(22)27-15)10-26-17(24)11-25-14-7-5-12(19)6-8-14/h5-9H,2-4,10-11H2,1H3. The molecular formula is C18H18FN3O4S. The van der Waals surface area contributed by atoms with E-state index < -0.39 is 11.8 Å². The van der Waals surface area contributed by atoms with Crippen molar-refractivity contribution in [2.75, 3.05) is 6.61 Å². The van der Waals surface area contributed by atoms with Crippen LogP contribution in [0.15, 0.2) is 35.1 Å². The van der Waals surface area contributed by atoms with E-state index in [1.165, 1.54) is 46.2 Å². The molecule has 0 fully saturated rings. The second-order valence-corrected chi connectivity index (χ2v) is 6.82. The van der Waals surface area contributed by atoms with E-state index in [0.29, 0.717) is 16.4 Å². The molecule has 0 unspecified atom stereocenters. The van der Waals surface area contributed by atoms with E-state index in [9.17, 15) is 14.0 Å². The zero-order valence-corrected chi connectivity index (χ0v) is 15.5. The van der Waals surface area contributed by atoms with Crippen molar-refractivity contribution in [1.82, 2.24) is 14.6 Å². The molecule has 0 aliphatic heterocycles. The van der Waals surface area contributed by atoms with Gasteiger partial charge >= 0.3 is 5.97 Å². The monoisotopic (exact) mass is 391 g/mol. The Labute approximate surface area is 158 Å². The third-order valence-electron chi connectivity index (χ3n) is 3.64. The van der Waals surface area contributed by atoms with Crippen molar-refractivity contribution in [3.05, 3.63) is 57.2 Å². The van der Waals surface area contributed by atoms with Crippen LogP contribution >= 0.6 is 11.3 Å². The highest BCUT2D eigenvalue weighted by atomic mass is 32.1. The number of halogens is 1. The van der Waals surface area contributed by atoms with Gasteiger partial charge in [0, 0.05) is 12.5 Å². The van der Waals surface area contributed by atoms with Crippen LogP contribution in [0.4, 0.5) is 4.39 Å². The van der Waals surface area contributed by atoms with E-state index in [1.54, 1.807) is 0 Å². The molecule has 0 radical (unpaired) electrons. The van der Waals surface area contributed by atoms with Crippen LogP contribution < -0.4 is 10.3 Å². The summed E-state index contributed by atoms with van der Waals surface area (Å²) in [4.78, 5) is 28.7. The van der Waals surface area contributed by atoms with Gasteiger partial charge in [0.1, 0.15) is 23.2 Å². The number of carbonyl (C=O) groups is 1. The number of aromatic nitrogens is 3. The number of hydrogen-bond donors (Lipinski definition) is 0. The lowest BCUT2D eigenvalue weighted by molar-refractivity contribution is -0.147. The molecular weight excluding hydrogens is 373 g/mol. The van der Waals surface area contributed by atoms with Crippen LogP contribution in [-0.4, -0.2) is 27.2 Å². The van der Waals surface area contributed by atoms with E-state index in [2.05, 4.69) is 17.0 Å². The lowest BCUT2D eigenvalue weighted by atomic mass is 10.3. The van der Waals surface area contributed by atoms with Gasteiger partial charge in [0.05, 0.1) is 5.69 Å². The first-order valence-corrected chi connectivity index (χ1v) is 9.29. The third-order valence-corrected chi connectivity index (χ3v) is 4.60. The molecule has 27 heavy (non-hydrogen) atoms. The molecule has 142 valence electrons. The van der Waals surface area contributed by atoms with Crippen molar-refractivity contribution in [3.8, 4) is 5.75 Å². The Balaban J connectivity index is 1.58. The first kappa shape index (κ1) is 19.0. The van der Waals surface area contributed by atoms with Crippen molar-refractivity contribution in [1.29, 1.82) is 0 Å². The highest BCUT2D eigenvalue weighted by Gasteiger charge is 2.11. The van der Waals surface area contributed by atoms with Gasteiger partial charge in [-0.1, -0.05) is 24.7 Å². The molecule has 2 aromatic heterocycles. The van der Waals surface area contributed by atoms with Gasteiger partial charge in [-0.3, -0.25) is 4.79 Å². The Morgan fingerprint density at radius 2 is 2.07 bits per heavy atom. The number of fused-ring (bicyclic) bond motifs is 1. The van der Waals surface area contributed by atoms with Crippen molar-refractivity contribution in [2.45, 2.75) is 32.8 Å². The van der Waals surface area contributed by atoms with Crippen molar-refractivity contribution in [3.63, 3.8) is 0 Å². The van der Waals surface area contributed by atoms with Crippen LogP contribution in [-0.2, 0) is 22.6 Å². The molecule has 1 aromatic carbocycles. The SMILES string of the molecule is CCCCc1nn2c(=O)cc(COC(=O)COc3ccc(F)cc3)nc2s1. The summed E-state index contributed by atoms with van der Waals surface area (Å²) >= 11 is 1.35. The van der Waals surface area contributed by atoms with Gasteiger partial charge in [0.15, 0.2) is 6.61 Å². The summed E-state index contributed by atoms with van der Waals surface area (Å²) in [6.07, 6.45) is 2.83. The number of nitrogens with zero attached hydrogens (tertiary/aromatic N) is 3. The summed E-state index contributed by atoms with van der Waals surface area (Å²) in [5, 5.41) is 5.11. The number of hydrogen-bond acceptors (Lipinski definition) is 7. The molecule has 0 aliphatic carbocycles. The van der Waals surface area contributed by atoms with Gasteiger partial charge in [-0.05, 0) is 30.7 Å². The normalized spacial score (nSPS) is 10.9. The fraction of sp³-hybridized carbons (Fsp3) is 0.333. The predicted molar refractivity (Wildman–Crippen MR) is 97.4 cm³/mol. The zero-order valence-electron chi connectivity index (χ0n) is 14.7. The second-order valence-electron chi connectivity index (χ2n) is 5.78. The fourth-order valence-electron chi connectivity index (χ4n) is 2.27. The summed E-state index contributed by atoms with van der Waals surface area (Å²) in [6.45, 7) is 1.62. The smallest absolute Gasteiger partial charge is 0.344 e. The second kappa shape index (κ2) is 8.72. The molecule has 3 rings (SSSR count). The molecule has 0 saturated heterocycles. The summed E-state index contributed by atoms with van der Waals surface area (Å²) in [6, 6.07) is 6.59. The molecule has 0 amide bonds. The number of aryl methyl sites for hydroxylation is 1. The Morgan fingerprint density at radius 1 is 1.30 bits per heavy atom. The average molecular weight is 391 g/mol. The van der Waals surface area contributed by atoms with Gasteiger partial charge in [0.2, 0.25) is 4.96 Å². The molecule has 3 aromatic rings. The van der Waals surface area contributed by atoms with E-state index in [1.807, 2.05) is 0 Å². The zero-order chi connectivity index (χ0) is 19.2. The minimum atomic E-state index is -0.616. The largest absolute Gasteiger partial charge is 0.482 e. The van der Waals surface area contributed by atoms with E-state index in [4.69, 9.17) is 9.47 Å². The average Bonchev–Trinajstić information content (AvgIpc) is 3.08. The number of esters is 1. The Morgan fingerprint density at radius 3 is 2.81 bits per heavy atom. The van der Waals surface area contributed by atoms with Crippen LogP contribution in [0.5, 0.6) is 5.75 Å². The van der Waals surface area contributed by atoms with Crippen LogP contribution in [0.25, 0.3) is 4.96 Å². The number of ether oxygens (including phenoxy) is 2.